The first kappa shape index (κ1) is 17.1. The fourth-order valence-corrected chi connectivity index (χ4v) is 3.23. The first-order valence-corrected chi connectivity index (χ1v) is 8.76. The Morgan fingerprint density at radius 1 is 1.11 bits per heavy atom. The Labute approximate surface area is 156 Å². The van der Waals surface area contributed by atoms with Crippen molar-refractivity contribution < 1.29 is 13.6 Å². The van der Waals surface area contributed by atoms with E-state index in [1.54, 1.807) is 18.4 Å². The van der Waals surface area contributed by atoms with Crippen LogP contribution in [0.5, 0.6) is 0 Å². The number of furan rings is 1. The normalized spacial score (nSPS) is 11.0. The third-order valence-electron chi connectivity index (χ3n) is 4.69. The molecule has 0 spiro atoms. The van der Waals surface area contributed by atoms with Crippen LogP contribution in [0.3, 0.4) is 0 Å². The molecule has 5 heteroatoms. The van der Waals surface area contributed by atoms with Gasteiger partial charge >= 0.3 is 0 Å². The highest BCUT2D eigenvalue weighted by atomic mass is 19.1. The molecule has 4 aromatic rings. The molecule has 0 unspecified atom stereocenters. The third kappa shape index (κ3) is 3.49. The van der Waals surface area contributed by atoms with Crippen LogP contribution in [0.4, 0.5) is 4.39 Å². The van der Waals surface area contributed by atoms with Crippen LogP contribution in [0.2, 0.25) is 0 Å². The van der Waals surface area contributed by atoms with Gasteiger partial charge in [0, 0.05) is 25.2 Å². The monoisotopic (exact) mass is 362 g/mol. The minimum absolute atomic E-state index is 0.193. The number of benzene rings is 2. The molecule has 1 amide bonds. The van der Waals surface area contributed by atoms with Gasteiger partial charge in [-0.1, -0.05) is 36.4 Å². The molecule has 0 fully saturated rings. The van der Waals surface area contributed by atoms with Gasteiger partial charge in [-0.25, -0.2) is 4.39 Å². The zero-order valence-electron chi connectivity index (χ0n) is 14.9. The Hall–Kier alpha value is -3.34. The van der Waals surface area contributed by atoms with Crippen molar-refractivity contribution in [1.29, 1.82) is 0 Å². The molecule has 0 aliphatic carbocycles. The van der Waals surface area contributed by atoms with Crippen molar-refractivity contribution in [2.45, 2.75) is 20.0 Å². The second-order valence-corrected chi connectivity index (χ2v) is 6.52. The number of nitrogens with zero attached hydrogens (tertiary/aromatic N) is 1. The minimum Gasteiger partial charge on any atom is -0.463 e. The van der Waals surface area contributed by atoms with Crippen LogP contribution in [0.15, 0.2) is 71.3 Å². The second-order valence-electron chi connectivity index (χ2n) is 6.52. The molecule has 136 valence electrons. The lowest BCUT2D eigenvalue weighted by Gasteiger charge is -2.12. The summed E-state index contributed by atoms with van der Waals surface area (Å²) in [5, 5.41) is 2.97. The van der Waals surface area contributed by atoms with Gasteiger partial charge in [-0.05, 0) is 35.7 Å². The number of carbonyl (C=O) groups excluding carboxylic acids is 1. The zero-order chi connectivity index (χ0) is 18.8. The molecule has 27 heavy (non-hydrogen) atoms. The molecule has 4 rings (SSSR count). The van der Waals surface area contributed by atoms with Crippen molar-refractivity contribution in [3.05, 3.63) is 95.1 Å². The number of hydrogen-bond donors (Lipinski definition) is 1. The number of aromatic nitrogens is 1. The molecular weight excluding hydrogens is 343 g/mol. The number of fused-ring (bicyclic) bond motifs is 1. The Morgan fingerprint density at radius 2 is 1.96 bits per heavy atom. The maximum atomic E-state index is 13.5. The molecule has 0 saturated heterocycles. The van der Waals surface area contributed by atoms with Crippen molar-refractivity contribution in [2.75, 3.05) is 0 Å². The maximum absolute atomic E-state index is 13.5. The van der Waals surface area contributed by atoms with E-state index in [0.717, 1.165) is 22.2 Å². The second kappa shape index (κ2) is 7.11. The summed E-state index contributed by atoms with van der Waals surface area (Å²) in [5.41, 5.74) is 4.90. The van der Waals surface area contributed by atoms with Gasteiger partial charge < -0.3 is 14.3 Å². The van der Waals surface area contributed by atoms with Gasteiger partial charge in [-0.2, -0.15) is 0 Å². The smallest absolute Gasteiger partial charge is 0.268 e. The van der Waals surface area contributed by atoms with E-state index < -0.39 is 0 Å². The number of amides is 1. The van der Waals surface area contributed by atoms with Gasteiger partial charge in [0.25, 0.3) is 5.91 Å². The first-order valence-electron chi connectivity index (χ1n) is 8.76. The Balaban J connectivity index is 1.62. The molecule has 0 radical (unpaired) electrons. The van der Waals surface area contributed by atoms with Crippen LogP contribution < -0.4 is 5.32 Å². The summed E-state index contributed by atoms with van der Waals surface area (Å²) >= 11 is 0. The minimum atomic E-state index is -0.298. The number of hydrogen-bond acceptors (Lipinski definition) is 2. The number of rotatable bonds is 5. The summed E-state index contributed by atoms with van der Waals surface area (Å²) in [6, 6.07) is 17.8. The molecule has 1 N–H and O–H groups in total. The predicted octanol–water partition coefficient (Wildman–Crippen LogP) is 4.66. The van der Waals surface area contributed by atoms with E-state index in [-0.39, 0.29) is 11.7 Å². The van der Waals surface area contributed by atoms with E-state index in [1.165, 1.54) is 12.1 Å². The summed E-state index contributed by atoms with van der Waals surface area (Å²) < 4.78 is 20.9. The van der Waals surface area contributed by atoms with E-state index >= 15 is 0 Å². The summed E-state index contributed by atoms with van der Waals surface area (Å²) in [6.45, 7) is 2.84. The van der Waals surface area contributed by atoms with Crippen molar-refractivity contribution in [2.24, 2.45) is 0 Å². The van der Waals surface area contributed by atoms with E-state index in [0.29, 0.717) is 24.4 Å². The lowest BCUT2D eigenvalue weighted by atomic mass is 10.1. The average molecular weight is 362 g/mol. The summed E-state index contributed by atoms with van der Waals surface area (Å²) in [5.74, 6) is -0.491. The summed E-state index contributed by atoms with van der Waals surface area (Å²) in [4.78, 5) is 12.8. The number of carbonyl (C=O) groups is 1. The number of aryl methyl sites for hydroxylation is 1. The van der Waals surface area contributed by atoms with Crippen LogP contribution in [0, 0.1) is 12.7 Å². The van der Waals surface area contributed by atoms with E-state index in [1.807, 2.05) is 47.9 Å². The zero-order valence-corrected chi connectivity index (χ0v) is 14.9. The standard InChI is InChI=1S/C22H19FN2O2/c1-15-5-2-3-7-17(15)13-24-22(26)20-12-21-19(9-10-27-21)25(20)14-16-6-4-8-18(23)11-16/h2-12H,13-14H2,1H3,(H,24,26). The third-order valence-corrected chi connectivity index (χ3v) is 4.69. The van der Waals surface area contributed by atoms with Crippen molar-refractivity contribution >= 4 is 17.0 Å². The Morgan fingerprint density at radius 3 is 2.78 bits per heavy atom. The van der Waals surface area contributed by atoms with Crippen LogP contribution >= 0.6 is 0 Å². The molecule has 0 saturated carbocycles. The van der Waals surface area contributed by atoms with Crippen LogP contribution in [0.1, 0.15) is 27.2 Å². The quantitative estimate of drug-likeness (QED) is 0.561. The van der Waals surface area contributed by atoms with Crippen LogP contribution in [-0.2, 0) is 13.1 Å². The fraction of sp³-hybridized carbons (Fsp3) is 0.136. The predicted molar refractivity (Wildman–Crippen MR) is 102 cm³/mol. The summed E-state index contributed by atoms with van der Waals surface area (Å²) in [7, 11) is 0. The number of nitrogens with one attached hydrogen (secondary N) is 1. The molecule has 2 aromatic carbocycles. The number of halogens is 1. The molecule has 2 aromatic heterocycles. The van der Waals surface area contributed by atoms with Crippen molar-refractivity contribution in [3.8, 4) is 0 Å². The Kier molecular flexibility index (Phi) is 4.50. The highest BCUT2D eigenvalue weighted by Gasteiger charge is 2.18. The van der Waals surface area contributed by atoms with E-state index in [4.69, 9.17) is 4.42 Å². The lowest BCUT2D eigenvalue weighted by molar-refractivity contribution is 0.0942. The molecule has 0 bridgehead atoms. The maximum Gasteiger partial charge on any atom is 0.268 e. The van der Waals surface area contributed by atoms with Gasteiger partial charge in [-0.15, -0.1) is 0 Å². The largest absolute Gasteiger partial charge is 0.463 e. The van der Waals surface area contributed by atoms with Gasteiger partial charge in [0.2, 0.25) is 0 Å². The van der Waals surface area contributed by atoms with Gasteiger partial charge in [-0.3, -0.25) is 4.79 Å². The molecule has 0 aliphatic rings. The first-order chi connectivity index (χ1) is 13.1. The molecule has 4 nitrogen and oxygen atoms in total. The Bertz CT molecular complexity index is 1110. The fourth-order valence-electron chi connectivity index (χ4n) is 3.23. The molecule has 0 aliphatic heterocycles. The van der Waals surface area contributed by atoms with Crippen LogP contribution in [-0.4, -0.2) is 10.5 Å². The lowest BCUT2D eigenvalue weighted by Crippen LogP contribution is -2.26. The molecular formula is C22H19FN2O2. The van der Waals surface area contributed by atoms with Crippen molar-refractivity contribution in [3.63, 3.8) is 0 Å². The van der Waals surface area contributed by atoms with Gasteiger partial charge in [0.05, 0.1) is 11.8 Å². The summed E-state index contributed by atoms with van der Waals surface area (Å²) in [6.07, 6.45) is 1.59. The average Bonchev–Trinajstić information content (AvgIpc) is 3.24. The molecule has 2 heterocycles. The highest BCUT2D eigenvalue weighted by Crippen LogP contribution is 2.23. The van der Waals surface area contributed by atoms with E-state index in [9.17, 15) is 9.18 Å². The van der Waals surface area contributed by atoms with Gasteiger partial charge in [0.15, 0.2) is 5.58 Å². The van der Waals surface area contributed by atoms with Crippen molar-refractivity contribution in [1.82, 2.24) is 9.88 Å². The van der Waals surface area contributed by atoms with E-state index in [2.05, 4.69) is 5.32 Å². The SMILES string of the molecule is Cc1ccccc1CNC(=O)c1cc2occc2n1Cc1cccc(F)c1. The molecule has 0 atom stereocenters. The topological polar surface area (TPSA) is 47.2 Å². The van der Waals surface area contributed by atoms with Gasteiger partial charge in [0.1, 0.15) is 11.5 Å². The highest BCUT2D eigenvalue weighted by molar-refractivity contribution is 5.97. The van der Waals surface area contributed by atoms with Crippen LogP contribution in [0.25, 0.3) is 11.1 Å².